The van der Waals surface area contributed by atoms with E-state index < -0.39 is 28.0 Å². The third kappa shape index (κ3) is 4.03. The van der Waals surface area contributed by atoms with E-state index in [1.54, 1.807) is 0 Å². The highest BCUT2D eigenvalue weighted by atomic mass is 79.9. The van der Waals surface area contributed by atoms with E-state index in [-0.39, 0.29) is 10.5 Å². The number of carbonyl (C=O) groups is 2. The molecule has 0 unspecified atom stereocenters. The molecule has 1 atom stereocenters. The van der Waals surface area contributed by atoms with Crippen molar-refractivity contribution in [3.63, 3.8) is 0 Å². The molecule has 10 heteroatoms. The molecule has 0 saturated heterocycles. The minimum absolute atomic E-state index is 0.0568. The Labute approximate surface area is 136 Å². The molecule has 1 rings (SSSR count). The summed E-state index contributed by atoms with van der Waals surface area (Å²) in [6, 6.07) is 3.79. The number of sulfonamides is 1. The van der Waals surface area contributed by atoms with Crippen LogP contribution in [0.15, 0.2) is 27.6 Å². The Balaban J connectivity index is 3.21. The van der Waals surface area contributed by atoms with Crippen molar-refractivity contribution in [3.05, 3.63) is 28.2 Å². The highest BCUT2D eigenvalue weighted by molar-refractivity contribution is 9.10. The van der Waals surface area contributed by atoms with Crippen molar-refractivity contribution < 1.29 is 27.6 Å². The van der Waals surface area contributed by atoms with Crippen molar-refractivity contribution in [1.29, 1.82) is 0 Å². The number of benzene rings is 1. The second-order valence-electron chi connectivity index (χ2n) is 4.19. The predicted molar refractivity (Wildman–Crippen MR) is 80.2 cm³/mol. The zero-order chi connectivity index (χ0) is 17.1. The van der Waals surface area contributed by atoms with Crippen LogP contribution in [-0.4, -0.2) is 45.0 Å². The van der Waals surface area contributed by atoms with Crippen LogP contribution in [0.5, 0.6) is 0 Å². The summed E-state index contributed by atoms with van der Waals surface area (Å²) in [5.41, 5.74) is 4.95. The van der Waals surface area contributed by atoms with Crippen LogP contribution < -0.4 is 5.73 Å². The van der Waals surface area contributed by atoms with Crippen molar-refractivity contribution in [1.82, 2.24) is 4.47 Å². The summed E-state index contributed by atoms with van der Waals surface area (Å²) in [5, 5.41) is 0. The quantitative estimate of drug-likeness (QED) is 0.559. The second-order valence-corrected chi connectivity index (χ2v) is 6.98. The molecule has 0 aliphatic heterocycles. The SMILES string of the molecule is CON(C)S(=O)(=O)c1ccc(Br)c(C(=O)O[C@H](C)C(N)=O)c1. The standard InChI is InChI=1S/C12H15BrN2O6S/c1-7(11(14)16)21-12(17)9-6-8(4-5-10(9)13)22(18,19)15(2)20-3/h4-7H,1-3H3,(H2,14,16)/t7-/m1/s1. The van der Waals surface area contributed by atoms with Crippen molar-refractivity contribution in [2.45, 2.75) is 17.9 Å². The zero-order valence-corrected chi connectivity index (χ0v) is 14.5. The fourth-order valence-electron chi connectivity index (χ4n) is 1.35. The van der Waals surface area contributed by atoms with E-state index in [1.165, 1.54) is 33.2 Å². The fraction of sp³-hybridized carbons (Fsp3) is 0.333. The number of hydrogen-bond acceptors (Lipinski definition) is 6. The average Bonchev–Trinajstić information content (AvgIpc) is 2.46. The molecule has 0 aromatic heterocycles. The number of esters is 1. The van der Waals surface area contributed by atoms with E-state index in [9.17, 15) is 18.0 Å². The lowest BCUT2D eigenvalue weighted by atomic mass is 10.2. The first-order valence-electron chi connectivity index (χ1n) is 5.94. The number of amides is 1. The van der Waals surface area contributed by atoms with E-state index in [4.69, 9.17) is 10.5 Å². The van der Waals surface area contributed by atoms with Crippen LogP contribution in [0.25, 0.3) is 0 Å². The van der Waals surface area contributed by atoms with Gasteiger partial charge in [0.1, 0.15) is 0 Å². The molecule has 0 heterocycles. The Morgan fingerprint density at radius 1 is 1.36 bits per heavy atom. The Kier molecular flexibility index (Phi) is 6.06. The number of rotatable bonds is 6. The summed E-state index contributed by atoms with van der Waals surface area (Å²) < 4.78 is 30.1. The van der Waals surface area contributed by atoms with Crippen molar-refractivity contribution in [3.8, 4) is 0 Å². The Morgan fingerprint density at radius 3 is 2.45 bits per heavy atom. The monoisotopic (exact) mass is 394 g/mol. The molecular weight excluding hydrogens is 380 g/mol. The van der Waals surface area contributed by atoms with Gasteiger partial charge in [0.05, 0.1) is 17.6 Å². The maximum Gasteiger partial charge on any atom is 0.340 e. The Bertz CT molecular complexity index is 691. The molecule has 0 aliphatic rings. The van der Waals surface area contributed by atoms with Gasteiger partial charge < -0.3 is 10.5 Å². The first-order valence-corrected chi connectivity index (χ1v) is 8.17. The van der Waals surface area contributed by atoms with Gasteiger partial charge in [0.25, 0.3) is 15.9 Å². The molecule has 0 bridgehead atoms. The van der Waals surface area contributed by atoms with Crippen molar-refractivity contribution >= 4 is 37.8 Å². The summed E-state index contributed by atoms with van der Waals surface area (Å²) >= 11 is 3.12. The smallest absolute Gasteiger partial charge is 0.340 e. The molecule has 0 fully saturated rings. The molecule has 1 amide bonds. The van der Waals surface area contributed by atoms with Gasteiger partial charge in [-0.15, -0.1) is 0 Å². The molecule has 1 aromatic rings. The number of primary amides is 1. The van der Waals surface area contributed by atoms with Gasteiger partial charge in [-0.2, -0.15) is 0 Å². The third-order valence-electron chi connectivity index (χ3n) is 2.74. The normalized spacial score (nSPS) is 13.0. The number of hydroxylamine groups is 1. The lowest BCUT2D eigenvalue weighted by Gasteiger charge is -2.15. The van der Waals surface area contributed by atoms with Crippen LogP contribution in [-0.2, 0) is 24.4 Å². The summed E-state index contributed by atoms with van der Waals surface area (Å²) in [6.07, 6.45) is -1.14. The van der Waals surface area contributed by atoms with Crippen LogP contribution in [0.2, 0.25) is 0 Å². The maximum atomic E-state index is 12.1. The molecule has 22 heavy (non-hydrogen) atoms. The summed E-state index contributed by atoms with van der Waals surface area (Å²) in [5.74, 6) is -1.69. The van der Waals surface area contributed by atoms with E-state index in [0.29, 0.717) is 8.94 Å². The molecule has 0 saturated carbocycles. The van der Waals surface area contributed by atoms with Gasteiger partial charge in [0.15, 0.2) is 6.10 Å². The fourth-order valence-corrected chi connectivity index (χ4v) is 2.76. The van der Waals surface area contributed by atoms with Gasteiger partial charge in [-0.05, 0) is 41.1 Å². The van der Waals surface area contributed by atoms with E-state index in [0.717, 1.165) is 6.07 Å². The van der Waals surface area contributed by atoms with Gasteiger partial charge in [0, 0.05) is 11.5 Å². The van der Waals surface area contributed by atoms with E-state index in [1.807, 2.05) is 0 Å². The molecule has 0 radical (unpaired) electrons. The second kappa shape index (κ2) is 7.18. The number of ether oxygens (including phenoxy) is 1. The number of nitrogens with zero attached hydrogens (tertiary/aromatic N) is 1. The van der Waals surface area contributed by atoms with Gasteiger partial charge in [0.2, 0.25) is 0 Å². The number of nitrogens with two attached hydrogens (primary N) is 1. The summed E-state index contributed by atoms with van der Waals surface area (Å²) in [6.45, 7) is 1.31. The zero-order valence-electron chi connectivity index (χ0n) is 12.1. The Morgan fingerprint density at radius 2 is 1.95 bits per heavy atom. The van der Waals surface area contributed by atoms with Crippen LogP contribution >= 0.6 is 15.9 Å². The molecule has 0 spiro atoms. The van der Waals surface area contributed by atoms with E-state index >= 15 is 0 Å². The first kappa shape index (κ1) is 18.6. The minimum Gasteiger partial charge on any atom is -0.449 e. The lowest BCUT2D eigenvalue weighted by molar-refractivity contribution is -0.125. The minimum atomic E-state index is -3.92. The van der Waals surface area contributed by atoms with Crippen molar-refractivity contribution in [2.24, 2.45) is 5.73 Å². The highest BCUT2D eigenvalue weighted by Gasteiger charge is 2.25. The molecule has 2 N–H and O–H groups in total. The topological polar surface area (TPSA) is 116 Å². The summed E-state index contributed by atoms with van der Waals surface area (Å²) in [4.78, 5) is 27.4. The van der Waals surface area contributed by atoms with Gasteiger partial charge in [-0.3, -0.25) is 9.63 Å². The van der Waals surface area contributed by atoms with Crippen LogP contribution in [0, 0.1) is 0 Å². The van der Waals surface area contributed by atoms with Gasteiger partial charge >= 0.3 is 5.97 Å². The number of carbonyl (C=O) groups excluding carboxylic acids is 2. The predicted octanol–water partition coefficient (Wildman–Crippen LogP) is 0.662. The number of hydrogen-bond donors (Lipinski definition) is 1. The molecular formula is C12H15BrN2O6S. The van der Waals surface area contributed by atoms with Crippen LogP contribution in [0.4, 0.5) is 0 Å². The Hall–Kier alpha value is -1.49. The number of halogens is 1. The van der Waals surface area contributed by atoms with Gasteiger partial charge in [-0.25, -0.2) is 13.2 Å². The van der Waals surface area contributed by atoms with Crippen molar-refractivity contribution in [2.75, 3.05) is 14.2 Å². The third-order valence-corrected chi connectivity index (χ3v) is 5.10. The summed E-state index contributed by atoms with van der Waals surface area (Å²) in [7, 11) is -1.51. The van der Waals surface area contributed by atoms with E-state index in [2.05, 4.69) is 20.8 Å². The molecule has 8 nitrogen and oxygen atoms in total. The molecule has 1 aromatic carbocycles. The average molecular weight is 395 g/mol. The first-order chi connectivity index (χ1) is 10.1. The maximum absolute atomic E-state index is 12.1. The molecule has 122 valence electrons. The van der Waals surface area contributed by atoms with Crippen LogP contribution in [0.3, 0.4) is 0 Å². The van der Waals surface area contributed by atoms with Crippen LogP contribution in [0.1, 0.15) is 17.3 Å². The largest absolute Gasteiger partial charge is 0.449 e. The lowest BCUT2D eigenvalue weighted by Crippen LogP contribution is -2.30. The van der Waals surface area contributed by atoms with Gasteiger partial charge in [-0.1, -0.05) is 4.47 Å². The highest BCUT2D eigenvalue weighted by Crippen LogP contribution is 2.24. The molecule has 0 aliphatic carbocycles.